The maximum atomic E-state index is 4.98. The highest BCUT2D eigenvalue weighted by molar-refractivity contribution is 7.73. The SMILES string of the molecule is CCNCC.S=c1[nH]c2ccccc2s1. The number of aromatic amines is 1. The fourth-order valence-corrected chi connectivity index (χ4v) is 2.26. The second kappa shape index (κ2) is 6.71. The molecule has 0 unspecified atom stereocenters. The van der Waals surface area contributed by atoms with Crippen molar-refractivity contribution in [3.63, 3.8) is 0 Å². The topological polar surface area (TPSA) is 27.8 Å². The Morgan fingerprint density at radius 2 is 1.93 bits per heavy atom. The number of nitrogens with one attached hydrogen (secondary N) is 2. The molecular formula is C11H16N2S2. The van der Waals surface area contributed by atoms with Crippen molar-refractivity contribution < 1.29 is 0 Å². The van der Waals surface area contributed by atoms with Crippen LogP contribution in [-0.4, -0.2) is 18.1 Å². The number of H-pyrrole nitrogens is 1. The van der Waals surface area contributed by atoms with E-state index in [2.05, 4.69) is 30.2 Å². The lowest BCUT2D eigenvalue weighted by molar-refractivity contribution is 0.762. The summed E-state index contributed by atoms with van der Waals surface area (Å²) in [5.41, 5.74) is 1.14. The Labute approximate surface area is 99.3 Å². The molecule has 0 radical (unpaired) electrons. The summed E-state index contributed by atoms with van der Waals surface area (Å²) < 4.78 is 2.08. The van der Waals surface area contributed by atoms with Gasteiger partial charge in [-0.05, 0) is 37.4 Å². The van der Waals surface area contributed by atoms with Gasteiger partial charge in [0.15, 0.2) is 3.95 Å². The van der Waals surface area contributed by atoms with Crippen molar-refractivity contribution in [1.29, 1.82) is 0 Å². The van der Waals surface area contributed by atoms with Gasteiger partial charge >= 0.3 is 0 Å². The van der Waals surface area contributed by atoms with Crippen LogP contribution in [0.3, 0.4) is 0 Å². The van der Waals surface area contributed by atoms with E-state index in [1.54, 1.807) is 11.3 Å². The molecule has 0 saturated heterocycles. The molecule has 0 amide bonds. The fraction of sp³-hybridized carbons (Fsp3) is 0.364. The molecule has 0 spiro atoms. The Hall–Kier alpha value is -0.710. The molecule has 15 heavy (non-hydrogen) atoms. The van der Waals surface area contributed by atoms with Crippen LogP contribution in [0, 0.1) is 3.95 Å². The third-order valence-corrected chi connectivity index (χ3v) is 3.04. The molecular weight excluding hydrogens is 224 g/mol. The smallest absolute Gasteiger partial charge is 0.159 e. The van der Waals surface area contributed by atoms with Crippen LogP contribution in [0.5, 0.6) is 0 Å². The van der Waals surface area contributed by atoms with E-state index in [0.29, 0.717) is 0 Å². The van der Waals surface area contributed by atoms with Gasteiger partial charge in [-0.15, -0.1) is 11.3 Å². The van der Waals surface area contributed by atoms with Crippen LogP contribution in [0.1, 0.15) is 13.8 Å². The third kappa shape index (κ3) is 4.11. The van der Waals surface area contributed by atoms with Crippen molar-refractivity contribution in [3.8, 4) is 0 Å². The zero-order chi connectivity index (χ0) is 11.1. The van der Waals surface area contributed by atoms with Crippen LogP contribution in [-0.2, 0) is 0 Å². The van der Waals surface area contributed by atoms with Crippen molar-refractivity contribution in [3.05, 3.63) is 28.2 Å². The number of para-hydroxylation sites is 1. The molecule has 0 bridgehead atoms. The molecule has 0 atom stereocenters. The molecule has 2 aromatic rings. The minimum Gasteiger partial charge on any atom is -0.337 e. The second-order valence-corrected chi connectivity index (χ2v) is 4.69. The van der Waals surface area contributed by atoms with Crippen LogP contribution in [0.4, 0.5) is 0 Å². The van der Waals surface area contributed by atoms with E-state index in [9.17, 15) is 0 Å². The lowest BCUT2D eigenvalue weighted by Gasteiger charge is -1.86. The molecule has 0 aliphatic rings. The average Bonchev–Trinajstić information content (AvgIpc) is 2.60. The first-order valence-electron chi connectivity index (χ1n) is 5.06. The van der Waals surface area contributed by atoms with Gasteiger partial charge in [0, 0.05) is 0 Å². The first-order valence-corrected chi connectivity index (χ1v) is 6.29. The number of hydrogen-bond donors (Lipinski definition) is 2. The van der Waals surface area contributed by atoms with Crippen molar-refractivity contribution in [2.24, 2.45) is 0 Å². The van der Waals surface area contributed by atoms with E-state index >= 15 is 0 Å². The van der Waals surface area contributed by atoms with Crippen LogP contribution < -0.4 is 5.32 Å². The standard InChI is InChI=1S/C7H5NS2.C4H11N/c9-7-8-5-3-1-2-4-6(5)10-7;1-3-5-4-2/h1-4H,(H,8,9);5H,3-4H2,1-2H3. The van der Waals surface area contributed by atoms with Crippen LogP contribution >= 0.6 is 23.6 Å². The Morgan fingerprint density at radius 3 is 2.47 bits per heavy atom. The van der Waals surface area contributed by atoms with E-state index < -0.39 is 0 Å². The zero-order valence-electron chi connectivity index (χ0n) is 9.04. The van der Waals surface area contributed by atoms with E-state index in [0.717, 1.165) is 22.6 Å². The van der Waals surface area contributed by atoms with E-state index in [1.165, 1.54) is 4.70 Å². The monoisotopic (exact) mass is 240 g/mol. The average molecular weight is 240 g/mol. The van der Waals surface area contributed by atoms with Crippen LogP contribution in [0.2, 0.25) is 0 Å². The van der Waals surface area contributed by atoms with Crippen molar-refractivity contribution in [2.45, 2.75) is 13.8 Å². The molecule has 2 rings (SSSR count). The maximum Gasteiger partial charge on any atom is 0.159 e. The number of thiazole rings is 1. The first kappa shape index (κ1) is 12.4. The van der Waals surface area contributed by atoms with Gasteiger partial charge in [0.25, 0.3) is 0 Å². The highest BCUT2D eigenvalue weighted by atomic mass is 32.1. The highest BCUT2D eigenvalue weighted by Crippen LogP contribution is 2.17. The van der Waals surface area contributed by atoms with Crippen LogP contribution in [0.25, 0.3) is 10.2 Å². The van der Waals surface area contributed by atoms with Gasteiger partial charge in [0.05, 0.1) is 10.2 Å². The summed E-state index contributed by atoms with van der Waals surface area (Å²) in [6, 6.07) is 8.11. The molecule has 2 N–H and O–H groups in total. The van der Waals surface area contributed by atoms with Gasteiger partial charge in [-0.25, -0.2) is 0 Å². The maximum absolute atomic E-state index is 4.98. The van der Waals surface area contributed by atoms with E-state index in [1.807, 2.05) is 18.2 Å². The van der Waals surface area contributed by atoms with Gasteiger partial charge in [-0.3, -0.25) is 0 Å². The van der Waals surface area contributed by atoms with E-state index in [4.69, 9.17) is 12.2 Å². The van der Waals surface area contributed by atoms with Gasteiger partial charge in [0.1, 0.15) is 0 Å². The minimum absolute atomic E-state index is 0.848. The molecule has 1 aromatic heterocycles. The lowest BCUT2D eigenvalue weighted by atomic mass is 10.3. The molecule has 0 saturated carbocycles. The summed E-state index contributed by atoms with van der Waals surface area (Å²) in [7, 11) is 0. The van der Waals surface area contributed by atoms with E-state index in [-0.39, 0.29) is 0 Å². The molecule has 1 heterocycles. The van der Waals surface area contributed by atoms with Gasteiger partial charge in [0.2, 0.25) is 0 Å². The lowest BCUT2D eigenvalue weighted by Crippen LogP contribution is -2.09. The minimum atomic E-state index is 0.848. The quantitative estimate of drug-likeness (QED) is 0.785. The summed E-state index contributed by atoms with van der Waals surface area (Å²) in [4.78, 5) is 3.09. The number of fused-ring (bicyclic) bond motifs is 1. The van der Waals surface area contributed by atoms with Crippen molar-refractivity contribution >= 4 is 33.8 Å². The molecule has 82 valence electrons. The zero-order valence-corrected chi connectivity index (χ0v) is 10.7. The molecule has 0 aliphatic carbocycles. The molecule has 4 heteroatoms. The normalized spacial score (nSPS) is 9.73. The number of hydrogen-bond acceptors (Lipinski definition) is 3. The first-order chi connectivity index (χ1) is 7.27. The number of aromatic nitrogens is 1. The predicted octanol–water partition coefficient (Wildman–Crippen LogP) is 3.57. The number of rotatable bonds is 2. The molecule has 1 aromatic carbocycles. The molecule has 0 aliphatic heterocycles. The van der Waals surface area contributed by atoms with Crippen LogP contribution in [0.15, 0.2) is 24.3 Å². The fourth-order valence-electron chi connectivity index (χ4n) is 1.14. The highest BCUT2D eigenvalue weighted by Gasteiger charge is 1.91. The summed E-state index contributed by atoms with van der Waals surface area (Å²) in [6.45, 7) is 6.39. The molecule has 2 nitrogen and oxygen atoms in total. The van der Waals surface area contributed by atoms with Crippen molar-refractivity contribution in [2.75, 3.05) is 13.1 Å². The Kier molecular flexibility index (Phi) is 5.53. The summed E-state index contributed by atoms with van der Waals surface area (Å²) in [5.74, 6) is 0. The van der Waals surface area contributed by atoms with Gasteiger partial charge in [-0.1, -0.05) is 26.0 Å². The third-order valence-electron chi connectivity index (χ3n) is 1.83. The van der Waals surface area contributed by atoms with Gasteiger partial charge < -0.3 is 10.3 Å². The van der Waals surface area contributed by atoms with Crippen molar-refractivity contribution in [1.82, 2.24) is 10.3 Å². The Morgan fingerprint density at radius 1 is 1.27 bits per heavy atom. The number of benzene rings is 1. The predicted molar refractivity (Wildman–Crippen MR) is 71.2 cm³/mol. The largest absolute Gasteiger partial charge is 0.337 e. The Balaban J connectivity index is 0.000000195. The summed E-state index contributed by atoms with van der Waals surface area (Å²) in [6.07, 6.45) is 0. The molecule has 0 fully saturated rings. The second-order valence-electron chi connectivity index (χ2n) is 2.97. The Bertz CT molecular complexity index is 407. The van der Waals surface area contributed by atoms with Gasteiger partial charge in [-0.2, -0.15) is 0 Å². The summed E-state index contributed by atoms with van der Waals surface area (Å²) in [5, 5.41) is 3.11. The summed E-state index contributed by atoms with van der Waals surface area (Å²) >= 11 is 6.59.